The molecule has 3 aliphatic rings. The standard InChI is InChI=1S/C26H30ClN3O2/c1-17(31)30(16-18-4-5-18)24-9-7-19(13-22(24)27)23-8-6-20(14-28-23)25(32)29-15-21-3-2-10-26(21)11-12-26/h6-9,13-14,18,21H,2-5,10-12,15-16H2,1H3,(H,29,32). The van der Waals surface area contributed by atoms with Crippen molar-refractivity contribution in [1.82, 2.24) is 10.3 Å². The van der Waals surface area contributed by atoms with Gasteiger partial charge in [-0.1, -0.05) is 24.1 Å². The number of hydrogen-bond acceptors (Lipinski definition) is 3. The summed E-state index contributed by atoms with van der Waals surface area (Å²) in [6.45, 7) is 3.07. The number of pyridine rings is 1. The third-order valence-electron chi connectivity index (χ3n) is 7.57. The number of carbonyl (C=O) groups is 2. The molecule has 2 amide bonds. The molecular formula is C26H30ClN3O2. The molecule has 1 aromatic carbocycles. The van der Waals surface area contributed by atoms with Gasteiger partial charge in [0.1, 0.15) is 0 Å². The lowest BCUT2D eigenvalue weighted by atomic mass is 9.93. The van der Waals surface area contributed by atoms with E-state index in [0.717, 1.165) is 30.0 Å². The molecule has 168 valence electrons. The minimum atomic E-state index is -0.0580. The smallest absolute Gasteiger partial charge is 0.252 e. The first kappa shape index (κ1) is 21.4. The molecule has 2 aromatic rings. The maximum atomic E-state index is 12.6. The Morgan fingerprint density at radius 3 is 2.59 bits per heavy atom. The first-order chi connectivity index (χ1) is 15.4. The molecule has 1 spiro atoms. The molecule has 1 atom stereocenters. The van der Waals surface area contributed by atoms with Gasteiger partial charge in [0.2, 0.25) is 5.91 Å². The van der Waals surface area contributed by atoms with Crippen LogP contribution in [0.3, 0.4) is 0 Å². The van der Waals surface area contributed by atoms with Gasteiger partial charge in [-0.3, -0.25) is 14.6 Å². The zero-order valence-electron chi connectivity index (χ0n) is 18.6. The number of nitrogens with zero attached hydrogens (tertiary/aromatic N) is 2. The summed E-state index contributed by atoms with van der Waals surface area (Å²) in [5.41, 5.74) is 3.47. The van der Waals surface area contributed by atoms with E-state index < -0.39 is 0 Å². The van der Waals surface area contributed by atoms with Crippen molar-refractivity contribution in [3.05, 3.63) is 47.1 Å². The van der Waals surface area contributed by atoms with E-state index in [1.165, 1.54) is 44.9 Å². The molecule has 0 saturated heterocycles. The average Bonchev–Trinajstić information content (AvgIpc) is 3.70. The van der Waals surface area contributed by atoms with E-state index in [2.05, 4.69) is 10.3 Å². The van der Waals surface area contributed by atoms with Crippen LogP contribution in [0, 0.1) is 17.3 Å². The molecule has 5 nitrogen and oxygen atoms in total. The first-order valence-electron chi connectivity index (χ1n) is 11.8. The van der Waals surface area contributed by atoms with Gasteiger partial charge in [-0.2, -0.15) is 0 Å². The molecule has 5 rings (SSSR count). The van der Waals surface area contributed by atoms with E-state index in [1.807, 2.05) is 30.3 Å². The van der Waals surface area contributed by atoms with Gasteiger partial charge in [0, 0.05) is 31.8 Å². The molecular weight excluding hydrogens is 422 g/mol. The van der Waals surface area contributed by atoms with Crippen molar-refractivity contribution in [2.75, 3.05) is 18.0 Å². The number of amides is 2. The fourth-order valence-corrected chi connectivity index (χ4v) is 5.49. The lowest BCUT2D eigenvalue weighted by Crippen LogP contribution is -2.31. The molecule has 3 fully saturated rings. The fourth-order valence-electron chi connectivity index (χ4n) is 5.21. The van der Waals surface area contributed by atoms with E-state index in [0.29, 0.717) is 27.8 Å². The van der Waals surface area contributed by atoms with Crippen LogP contribution in [-0.4, -0.2) is 29.9 Å². The van der Waals surface area contributed by atoms with E-state index in [-0.39, 0.29) is 11.8 Å². The highest BCUT2D eigenvalue weighted by Crippen LogP contribution is 2.61. The van der Waals surface area contributed by atoms with Gasteiger partial charge >= 0.3 is 0 Å². The van der Waals surface area contributed by atoms with Crippen LogP contribution in [0.15, 0.2) is 36.5 Å². The number of anilines is 1. The van der Waals surface area contributed by atoms with Gasteiger partial charge in [-0.25, -0.2) is 0 Å². The maximum absolute atomic E-state index is 12.6. The molecule has 1 heterocycles. The van der Waals surface area contributed by atoms with Crippen LogP contribution in [0.1, 0.15) is 62.2 Å². The summed E-state index contributed by atoms with van der Waals surface area (Å²) in [5.74, 6) is 1.16. The molecule has 3 aliphatic carbocycles. The van der Waals surface area contributed by atoms with E-state index in [1.54, 1.807) is 18.0 Å². The molecule has 6 heteroatoms. The number of rotatable bonds is 7. The van der Waals surface area contributed by atoms with Crippen LogP contribution in [0.2, 0.25) is 5.02 Å². The Morgan fingerprint density at radius 2 is 1.97 bits per heavy atom. The van der Waals surface area contributed by atoms with Crippen molar-refractivity contribution < 1.29 is 9.59 Å². The zero-order chi connectivity index (χ0) is 22.3. The summed E-state index contributed by atoms with van der Waals surface area (Å²) in [6.07, 6.45) is 10.5. The van der Waals surface area contributed by atoms with Gasteiger partial charge in [0.25, 0.3) is 5.91 Å². The highest BCUT2D eigenvalue weighted by Gasteiger charge is 2.51. The Bertz CT molecular complexity index is 1030. The Labute approximate surface area is 194 Å². The molecule has 32 heavy (non-hydrogen) atoms. The average molecular weight is 452 g/mol. The van der Waals surface area contributed by atoms with Gasteiger partial charge in [0.05, 0.1) is 22.0 Å². The summed E-state index contributed by atoms with van der Waals surface area (Å²) >= 11 is 6.55. The minimum absolute atomic E-state index is 0.00486. The van der Waals surface area contributed by atoms with Crippen LogP contribution in [0.5, 0.6) is 0 Å². The summed E-state index contributed by atoms with van der Waals surface area (Å²) in [6, 6.07) is 9.33. The number of halogens is 1. The maximum Gasteiger partial charge on any atom is 0.252 e. The van der Waals surface area contributed by atoms with Gasteiger partial charge in [-0.05, 0) is 80.0 Å². The predicted octanol–water partition coefficient (Wildman–Crippen LogP) is 5.48. The third kappa shape index (κ3) is 4.40. The van der Waals surface area contributed by atoms with Gasteiger partial charge in [0.15, 0.2) is 0 Å². The Morgan fingerprint density at radius 1 is 1.16 bits per heavy atom. The Kier molecular flexibility index (Phi) is 5.70. The lowest BCUT2D eigenvalue weighted by Gasteiger charge is -2.22. The summed E-state index contributed by atoms with van der Waals surface area (Å²) < 4.78 is 0. The zero-order valence-corrected chi connectivity index (χ0v) is 19.3. The van der Waals surface area contributed by atoms with Crippen molar-refractivity contribution in [3.63, 3.8) is 0 Å². The van der Waals surface area contributed by atoms with Crippen LogP contribution in [-0.2, 0) is 4.79 Å². The van der Waals surface area contributed by atoms with Crippen molar-refractivity contribution in [2.24, 2.45) is 17.3 Å². The quantitative estimate of drug-likeness (QED) is 0.606. The third-order valence-corrected chi connectivity index (χ3v) is 7.87. The van der Waals surface area contributed by atoms with E-state index in [4.69, 9.17) is 11.6 Å². The van der Waals surface area contributed by atoms with Crippen LogP contribution >= 0.6 is 11.6 Å². The van der Waals surface area contributed by atoms with Crippen LogP contribution in [0.25, 0.3) is 11.3 Å². The van der Waals surface area contributed by atoms with E-state index >= 15 is 0 Å². The summed E-state index contributed by atoms with van der Waals surface area (Å²) in [4.78, 5) is 31.0. The van der Waals surface area contributed by atoms with Gasteiger partial charge in [-0.15, -0.1) is 0 Å². The molecule has 1 N–H and O–H groups in total. The highest BCUT2D eigenvalue weighted by atomic mass is 35.5. The first-order valence-corrected chi connectivity index (χ1v) is 12.2. The topological polar surface area (TPSA) is 62.3 Å². The van der Waals surface area contributed by atoms with Crippen molar-refractivity contribution in [2.45, 2.75) is 51.9 Å². The van der Waals surface area contributed by atoms with Crippen LogP contribution < -0.4 is 10.2 Å². The number of nitrogens with one attached hydrogen (secondary N) is 1. The SMILES string of the molecule is CC(=O)N(CC1CC1)c1ccc(-c2ccc(C(=O)NCC3CCCC34CC4)cn2)cc1Cl. The number of aromatic nitrogens is 1. The number of benzene rings is 1. The van der Waals surface area contributed by atoms with Crippen LogP contribution in [0.4, 0.5) is 5.69 Å². The van der Waals surface area contributed by atoms with Crippen molar-refractivity contribution >= 4 is 29.1 Å². The Balaban J connectivity index is 1.24. The molecule has 0 aliphatic heterocycles. The second kappa shape index (κ2) is 8.51. The van der Waals surface area contributed by atoms with Gasteiger partial charge < -0.3 is 10.2 Å². The highest BCUT2D eigenvalue weighted by molar-refractivity contribution is 6.34. The van der Waals surface area contributed by atoms with E-state index in [9.17, 15) is 9.59 Å². The molecule has 0 bridgehead atoms. The second-order valence-corrected chi connectivity index (χ2v) is 10.2. The largest absolute Gasteiger partial charge is 0.352 e. The Hall–Kier alpha value is -2.40. The number of carbonyl (C=O) groups excluding carboxylic acids is 2. The second-order valence-electron chi connectivity index (χ2n) is 9.83. The summed E-state index contributed by atoms with van der Waals surface area (Å²) in [7, 11) is 0. The molecule has 1 aromatic heterocycles. The number of hydrogen-bond donors (Lipinski definition) is 1. The monoisotopic (exact) mass is 451 g/mol. The minimum Gasteiger partial charge on any atom is -0.352 e. The molecule has 0 radical (unpaired) electrons. The van der Waals surface area contributed by atoms with Crippen molar-refractivity contribution in [1.29, 1.82) is 0 Å². The fraction of sp³-hybridized carbons (Fsp3) is 0.500. The molecule has 1 unspecified atom stereocenters. The normalized spacial score (nSPS) is 20.9. The lowest BCUT2D eigenvalue weighted by molar-refractivity contribution is -0.116. The molecule has 3 saturated carbocycles. The van der Waals surface area contributed by atoms with Crippen molar-refractivity contribution in [3.8, 4) is 11.3 Å². The predicted molar refractivity (Wildman–Crippen MR) is 127 cm³/mol. The summed E-state index contributed by atoms with van der Waals surface area (Å²) in [5, 5.41) is 3.65.